The van der Waals surface area contributed by atoms with Gasteiger partial charge in [-0.05, 0) is 36.8 Å². The van der Waals surface area contributed by atoms with Gasteiger partial charge in [0.05, 0.1) is 5.10 Å². The SMILES string of the molecule is CC(C)(C)N=[N+]([O-])c1c(N)cc(Cl)c2c1n[n+]([O-])n[n+]2[O-]. The first-order valence-corrected chi connectivity index (χ1v) is 6.18. The predicted octanol–water partition coefficient (Wildman–Crippen LogP) is 0.525. The number of nitrogens with two attached hydrogens (primary N) is 1. The van der Waals surface area contributed by atoms with Crippen LogP contribution in [0.2, 0.25) is 5.02 Å². The monoisotopic (exact) mass is 313 g/mol. The zero-order valence-corrected chi connectivity index (χ0v) is 12.2. The zero-order valence-electron chi connectivity index (χ0n) is 11.4. The minimum Gasteiger partial charge on any atom is -0.594 e. The van der Waals surface area contributed by atoms with Crippen molar-refractivity contribution in [1.82, 2.24) is 10.3 Å². The molecule has 0 aliphatic heterocycles. The molecule has 0 saturated carbocycles. The van der Waals surface area contributed by atoms with Gasteiger partial charge in [-0.25, -0.2) is 0 Å². The van der Waals surface area contributed by atoms with Crippen molar-refractivity contribution in [2.24, 2.45) is 5.11 Å². The van der Waals surface area contributed by atoms with E-state index >= 15 is 0 Å². The molecule has 2 aromatic rings. The number of nitrogens with zero attached hydrogens (tertiary/aromatic N) is 6. The molecule has 1 heterocycles. The molecule has 1 aromatic carbocycles. The summed E-state index contributed by atoms with van der Waals surface area (Å²) in [5, 5.41) is 45.3. The van der Waals surface area contributed by atoms with Crippen LogP contribution in [-0.2, 0) is 0 Å². The highest BCUT2D eigenvalue weighted by atomic mass is 35.5. The molecule has 0 radical (unpaired) electrons. The van der Waals surface area contributed by atoms with E-state index in [2.05, 4.69) is 15.4 Å². The van der Waals surface area contributed by atoms with Crippen molar-refractivity contribution in [2.45, 2.75) is 26.3 Å². The van der Waals surface area contributed by atoms with Crippen molar-refractivity contribution in [3.8, 4) is 0 Å². The summed E-state index contributed by atoms with van der Waals surface area (Å²) in [7, 11) is 0. The standard InChI is InChI=1S/C10H12ClN7O3/c1-10(2,3)14-16(19)9-6(12)4-5(11)8-7(9)13-18(21)15-17(8)20/h4H,12H2,1-3H3. The number of benzene rings is 1. The lowest BCUT2D eigenvalue weighted by Gasteiger charge is -2.11. The van der Waals surface area contributed by atoms with Gasteiger partial charge in [-0.15, -0.1) is 0 Å². The van der Waals surface area contributed by atoms with Crippen LogP contribution in [0.15, 0.2) is 11.2 Å². The van der Waals surface area contributed by atoms with Crippen LogP contribution in [0, 0.1) is 15.6 Å². The summed E-state index contributed by atoms with van der Waals surface area (Å²) in [6.45, 7) is 5.09. The van der Waals surface area contributed by atoms with Crippen molar-refractivity contribution in [2.75, 3.05) is 5.73 Å². The second-order valence-electron chi connectivity index (χ2n) is 5.25. The van der Waals surface area contributed by atoms with Gasteiger partial charge in [0, 0.05) is 4.85 Å². The lowest BCUT2D eigenvalue weighted by Crippen LogP contribution is -2.50. The molecule has 112 valence electrons. The van der Waals surface area contributed by atoms with E-state index in [1.165, 1.54) is 6.07 Å². The molecular formula is C10H12ClN7O3. The first-order chi connectivity index (χ1) is 9.60. The topological polar surface area (TPSA) is 144 Å². The fraction of sp³-hybridized carbons (Fsp3) is 0.400. The molecule has 0 aliphatic carbocycles. The van der Waals surface area contributed by atoms with E-state index in [-0.39, 0.29) is 42.1 Å². The Balaban J connectivity index is 2.89. The van der Waals surface area contributed by atoms with Gasteiger partial charge in [0.1, 0.15) is 21.2 Å². The highest BCUT2D eigenvalue weighted by Gasteiger charge is 2.30. The fourth-order valence-electron chi connectivity index (χ4n) is 1.66. The number of rotatable bonds is 1. The van der Waals surface area contributed by atoms with Gasteiger partial charge in [-0.2, -0.15) is 0 Å². The van der Waals surface area contributed by atoms with Crippen molar-refractivity contribution < 1.29 is 14.7 Å². The molecule has 0 spiro atoms. The molecule has 11 heteroatoms. The molecule has 21 heavy (non-hydrogen) atoms. The Morgan fingerprint density at radius 2 is 2.00 bits per heavy atom. The van der Waals surface area contributed by atoms with Gasteiger partial charge >= 0.3 is 16.4 Å². The van der Waals surface area contributed by atoms with E-state index in [0.29, 0.717) is 0 Å². The van der Waals surface area contributed by atoms with E-state index in [0.717, 1.165) is 0 Å². The van der Waals surface area contributed by atoms with Crippen LogP contribution in [0.25, 0.3) is 11.0 Å². The molecule has 0 atom stereocenters. The minimum atomic E-state index is -0.700. The Bertz CT molecular complexity index is 748. The van der Waals surface area contributed by atoms with Crippen molar-refractivity contribution in [3.63, 3.8) is 0 Å². The lowest BCUT2D eigenvalue weighted by molar-refractivity contribution is -0.863. The van der Waals surface area contributed by atoms with Crippen LogP contribution < -0.4 is 15.5 Å². The second kappa shape index (κ2) is 4.81. The molecule has 1 aromatic heterocycles. The number of hydrogen-bond donors (Lipinski definition) is 1. The van der Waals surface area contributed by atoms with Crippen molar-refractivity contribution >= 4 is 34.0 Å². The molecule has 0 aliphatic rings. The average Bonchev–Trinajstić information content (AvgIpc) is 2.23. The third kappa shape index (κ3) is 2.84. The number of fused-ring (bicyclic) bond motifs is 1. The van der Waals surface area contributed by atoms with Gasteiger partial charge in [0.2, 0.25) is 0 Å². The highest BCUT2D eigenvalue weighted by Crippen LogP contribution is 2.33. The van der Waals surface area contributed by atoms with Gasteiger partial charge in [0.15, 0.2) is 0 Å². The van der Waals surface area contributed by atoms with E-state index in [1.807, 2.05) is 0 Å². The third-order valence-corrected chi connectivity index (χ3v) is 2.64. The summed E-state index contributed by atoms with van der Waals surface area (Å²) in [4.78, 5) is -0.0218. The molecule has 0 amide bonds. The zero-order chi connectivity index (χ0) is 15.9. The number of nitrogen functional groups attached to an aromatic ring is 1. The van der Waals surface area contributed by atoms with Crippen molar-refractivity contribution in [1.29, 1.82) is 0 Å². The quantitative estimate of drug-likeness (QED) is 0.267. The number of azo groups is 1. The van der Waals surface area contributed by atoms with Crippen LogP contribution in [0.5, 0.6) is 0 Å². The molecule has 0 fully saturated rings. The first-order valence-electron chi connectivity index (χ1n) is 5.80. The Labute approximate surface area is 123 Å². The Hall–Kier alpha value is -2.49. The van der Waals surface area contributed by atoms with Gasteiger partial charge in [-0.3, -0.25) is 0 Å². The maximum absolute atomic E-state index is 12.2. The molecule has 2 rings (SSSR count). The maximum Gasteiger partial charge on any atom is 0.326 e. The smallest absolute Gasteiger partial charge is 0.326 e. The molecule has 0 saturated heterocycles. The van der Waals surface area contributed by atoms with E-state index in [1.54, 1.807) is 20.8 Å². The second-order valence-corrected chi connectivity index (χ2v) is 5.66. The van der Waals surface area contributed by atoms with Crippen LogP contribution >= 0.6 is 11.6 Å². The normalized spacial score (nSPS) is 12.9. The minimum absolute atomic E-state index is 0.0223. The number of halogens is 1. The van der Waals surface area contributed by atoms with E-state index in [4.69, 9.17) is 17.3 Å². The molecule has 0 unspecified atom stereocenters. The van der Waals surface area contributed by atoms with E-state index < -0.39 is 5.54 Å². The summed E-state index contributed by atoms with van der Waals surface area (Å²) >= 11 is 5.89. The molecule has 2 N–H and O–H groups in total. The molecule has 10 nitrogen and oxygen atoms in total. The number of aromatic nitrogens is 4. The first kappa shape index (κ1) is 14.9. The largest absolute Gasteiger partial charge is 0.594 e. The van der Waals surface area contributed by atoms with Crippen LogP contribution in [0.4, 0.5) is 11.4 Å². The van der Waals surface area contributed by atoms with Crippen molar-refractivity contribution in [3.05, 3.63) is 26.7 Å². The Morgan fingerprint density at radius 3 is 2.57 bits per heavy atom. The van der Waals surface area contributed by atoms with Gasteiger partial charge in [-0.1, -0.05) is 11.6 Å². The summed E-state index contributed by atoms with van der Waals surface area (Å²) in [6, 6.07) is 1.20. The van der Waals surface area contributed by atoms with Crippen LogP contribution in [0.3, 0.4) is 0 Å². The van der Waals surface area contributed by atoms with Crippen LogP contribution in [-0.4, -0.2) is 20.7 Å². The average molecular weight is 314 g/mol. The predicted molar refractivity (Wildman–Crippen MR) is 72.3 cm³/mol. The Kier molecular flexibility index (Phi) is 3.41. The van der Waals surface area contributed by atoms with E-state index in [9.17, 15) is 15.6 Å². The number of hydrogen-bond acceptors (Lipinski definition) is 7. The number of anilines is 1. The van der Waals surface area contributed by atoms with Gasteiger partial charge in [0.25, 0.3) is 5.52 Å². The lowest BCUT2D eigenvalue weighted by atomic mass is 10.1. The Morgan fingerprint density at radius 1 is 1.38 bits per heavy atom. The maximum atomic E-state index is 12.2. The summed E-state index contributed by atoms with van der Waals surface area (Å²) < 4.78 is 0. The molecule has 0 bridgehead atoms. The van der Waals surface area contributed by atoms with Crippen LogP contribution in [0.1, 0.15) is 20.8 Å². The highest BCUT2D eigenvalue weighted by molar-refractivity contribution is 6.35. The fourth-order valence-corrected chi connectivity index (χ4v) is 1.93. The summed E-state index contributed by atoms with van der Waals surface area (Å²) in [6.07, 6.45) is 0. The van der Waals surface area contributed by atoms with Gasteiger partial charge < -0.3 is 21.4 Å². The third-order valence-electron chi connectivity index (χ3n) is 2.35. The summed E-state index contributed by atoms with van der Waals surface area (Å²) in [5.74, 6) is 0. The summed E-state index contributed by atoms with van der Waals surface area (Å²) in [5.41, 5.74) is 4.23. The molecular weight excluding hydrogens is 302 g/mol.